The third-order valence-electron chi connectivity index (χ3n) is 7.10. The molecule has 0 saturated heterocycles. The molecule has 0 bridgehead atoms. The van der Waals surface area contributed by atoms with Crippen molar-refractivity contribution in [2.24, 2.45) is 11.8 Å². The predicted octanol–water partition coefficient (Wildman–Crippen LogP) is 5.43. The third kappa shape index (κ3) is 9.20. The Morgan fingerprint density at radius 1 is 0.841 bits per heavy atom. The number of nitrogens with one attached hydrogen (secondary N) is 1. The first kappa shape index (κ1) is 33.9. The molecule has 44 heavy (non-hydrogen) atoms. The van der Waals surface area contributed by atoms with Crippen LogP contribution >= 0.6 is 0 Å². The van der Waals surface area contributed by atoms with Gasteiger partial charge in [-0.2, -0.15) is 0 Å². The second kappa shape index (κ2) is 16.3. The van der Waals surface area contributed by atoms with Gasteiger partial charge in [-0.15, -0.1) is 0 Å². The summed E-state index contributed by atoms with van der Waals surface area (Å²) in [6, 6.07) is 17.6. The molecule has 0 spiro atoms. The van der Waals surface area contributed by atoms with Crippen LogP contribution in [0.25, 0.3) is 0 Å². The molecule has 3 aromatic rings. The molecule has 0 aliphatic carbocycles. The van der Waals surface area contributed by atoms with E-state index in [1.807, 2.05) is 54.6 Å². The number of hydrogen-bond donors (Lipinski definition) is 1. The summed E-state index contributed by atoms with van der Waals surface area (Å²) >= 11 is 0. The lowest BCUT2D eigenvalue weighted by atomic mass is 9.89. The summed E-state index contributed by atoms with van der Waals surface area (Å²) in [6.07, 6.45) is 1.65. The molecule has 1 heterocycles. The summed E-state index contributed by atoms with van der Waals surface area (Å²) in [7, 11) is 3.01. The number of nitrogens with zero attached hydrogens (tertiary/aromatic N) is 1. The van der Waals surface area contributed by atoms with E-state index in [0.29, 0.717) is 12.2 Å². The number of rotatable bonds is 15. The van der Waals surface area contributed by atoms with Crippen molar-refractivity contribution in [3.63, 3.8) is 0 Å². The van der Waals surface area contributed by atoms with Gasteiger partial charge in [-0.1, -0.05) is 51.1 Å². The van der Waals surface area contributed by atoms with E-state index in [0.717, 1.165) is 17.7 Å². The van der Waals surface area contributed by atoms with E-state index in [2.05, 4.69) is 17.2 Å². The zero-order valence-corrected chi connectivity index (χ0v) is 26.4. The summed E-state index contributed by atoms with van der Waals surface area (Å²) in [5, 5.41) is 2.60. The first-order valence-electron chi connectivity index (χ1n) is 14.7. The van der Waals surface area contributed by atoms with E-state index in [1.165, 1.54) is 26.3 Å². The number of benzene rings is 2. The maximum absolute atomic E-state index is 13.3. The van der Waals surface area contributed by atoms with E-state index >= 15 is 0 Å². The van der Waals surface area contributed by atoms with Crippen LogP contribution < -0.4 is 24.3 Å². The molecule has 3 rings (SSSR count). The van der Waals surface area contributed by atoms with Gasteiger partial charge in [0.25, 0.3) is 5.91 Å². The number of carbonyl (C=O) groups excluding carboxylic acids is 3. The van der Waals surface area contributed by atoms with Gasteiger partial charge in [0.1, 0.15) is 29.7 Å². The van der Waals surface area contributed by atoms with Crippen LogP contribution in [0.4, 0.5) is 0 Å². The first-order valence-corrected chi connectivity index (χ1v) is 14.7. The third-order valence-corrected chi connectivity index (χ3v) is 7.10. The van der Waals surface area contributed by atoms with Crippen molar-refractivity contribution in [3.05, 3.63) is 78.1 Å². The van der Waals surface area contributed by atoms with Gasteiger partial charge < -0.3 is 29.0 Å². The number of ether oxygens (including phenoxy) is 5. The van der Waals surface area contributed by atoms with Crippen LogP contribution in [0, 0.1) is 11.8 Å². The van der Waals surface area contributed by atoms with Crippen molar-refractivity contribution in [2.75, 3.05) is 14.2 Å². The Kier molecular flexibility index (Phi) is 12.6. The summed E-state index contributed by atoms with van der Waals surface area (Å²) in [5.74, 6) is -0.937. The number of aromatic nitrogens is 1. The van der Waals surface area contributed by atoms with E-state index in [9.17, 15) is 14.4 Å². The molecular weight excluding hydrogens is 564 g/mol. The Balaban J connectivity index is 1.77. The quantitative estimate of drug-likeness (QED) is 0.226. The van der Waals surface area contributed by atoms with Gasteiger partial charge in [0.15, 0.2) is 11.4 Å². The van der Waals surface area contributed by atoms with Crippen LogP contribution in [0.2, 0.25) is 0 Å². The number of amides is 1. The lowest BCUT2D eigenvalue weighted by molar-refractivity contribution is -0.156. The largest absolute Gasteiger partial charge is 0.497 e. The molecule has 0 aliphatic heterocycles. The monoisotopic (exact) mass is 606 g/mol. The Morgan fingerprint density at radius 2 is 1.52 bits per heavy atom. The standard InChI is InChI=1S/C34H42N2O8/c1-8-25(20-24-14-16-26(40-6)17-15-24)30(43-27-12-10-9-11-13-27)23(5)42-34(39)22(4)36-32(37)29-31(44-33(38)21(2)3)28(41-7)18-19-35-29/h9-19,21-23,25,30H,8,20H2,1-7H3,(H,36,37)/t22-,23-,25+,30-/m0/s1. The lowest BCUT2D eigenvalue weighted by Crippen LogP contribution is -2.45. The van der Waals surface area contributed by atoms with Crippen molar-refractivity contribution in [2.45, 2.75) is 65.7 Å². The van der Waals surface area contributed by atoms with Crippen LogP contribution in [0.15, 0.2) is 66.9 Å². The zero-order valence-electron chi connectivity index (χ0n) is 26.4. The maximum Gasteiger partial charge on any atom is 0.328 e. The van der Waals surface area contributed by atoms with Crippen LogP contribution in [-0.2, 0) is 20.7 Å². The minimum absolute atomic E-state index is 0.00418. The van der Waals surface area contributed by atoms with E-state index in [-0.39, 0.29) is 23.1 Å². The van der Waals surface area contributed by atoms with Crippen molar-refractivity contribution in [3.8, 4) is 23.0 Å². The van der Waals surface area contributed by atoms with Gasteiger partial charge in [-0.3, -0.25) is 9.59 Å². The van der Waals surface area contributed by atoms with Gasteiger partial charge in [-0.05, 0) is 56.5 Å². The smallest absolute Gasteiger partial charge is 0.328 e. The van der Waals surface area contributed by atoms with E-state index in [1.54, 1.807) is 27.9 Å². The van der Waals surface area contributed by atoms with E-state index < -0.39 is 42.0 Å². The maximum atomic E-state index is 13.3. The highest BCUT2D eigenvalue weighted by Crippen LogP contribution is 2.31. The van der Waals surface area contributed by atoms with Crippen molar-refractivity contribution >= 4 is 17.8 Å². The second-order valence-corrected chi connectivity index (χ2v) is 10.7. The summed E-state index contributed by atoms with van der Waals surface area (Å²) < 4.78 is 28.3. The number of methoxy groups -OCH3 is 2. The van der Waals surface area contributed by atoms with Crippen molar-refractivity contribution in [1.82, 2.24) is 10.3 Å². The SMILES string of the molecule is CC[C@H](Cc1ccc(OC)cc1)[C@@H](Oc1ccccc1)[C@H](C)OC(=O)[C@H](C)NC(=O)c1nccc(OC)c1OC(=O)C(C)C. The number of pyridine rings is 1. The molecule has 10 heteroatoms. The number of carbonyl (C=O) groups is 3. The average Bonchev–Trinajstić information content (AvgIpc) is 3.03. The van der Waals surface area contributed by atoms with Gasteiger partial charge in [-0.25, -0.2) is 9.78 Å². The summed E-state index contributed by atoms with van der Waals surface area (Å²) in [5.41, 5.74) is 0.903. The van der Waals surface area contributed by atoms with Gasteiger partial charge in [0, 0.05) is 18.2 Å². The van der Waals surface area contributed by atoms with Crippen molar-refractivity contribution < 1.29 is 38.1 Å². The Hall–Kier alpha value is -4.60. The predicted molar refractivity (Wildman–Crippen MR) is 165 cm³/mol. The van der Waals surface area contributed by atoms with Gasteiger partial charge >= 0.3 is 11.9 Å². The topological polar surface area (TPSA) is 122 Å². The molecule has 4 atom stereocenters. The molecule has 10 nitrogen and oxygen atoms in total. The normalized spacial score (nSPS) is 13.6. The highest BCUT2D eigenvalue weighted by molar-refractivity contribution is 5.98. The van der Waals surface area contributed by atoms with Crippen LogP contribution in [0.1, 0.15) is 57.1 Å². The first-order chi connectivity index (χ1) is 21.1. The lowest BCUT2D eigenvalue weighted by Gasteiger charge is -2.32. The average molecular weight is 607 g/mol. The Labute approximate surface area is 259 Å². The highest BCUT2D eigenvalue weighted by atomic mass is 16.6. The fourth-order valence-electron chi connectivity index (χ4n) is 4.54. The molecule has 1 amide bonds. The number of para-hydroxylation sites is 1. The molecule has 0 radical (unpaired) electrons. The van der Waals surface area contributed by atoms with Crippen LogP contribution in [-0.4, -0.2) is 55.3 Å². The van der Waals surface area contributed by atoms with Gasteiger partial charge in [0.05, 0.1) is 20.1 Å². The summed E-state index contributed by atoms with van der Waals surface area (Å²) in [4.78, 5) is 42.8. The van der Waals surface area contributed by atoms with Crippen LogP contribution in [0.3, 0.4) is 0 Å². The second-order valence-electron chi connectivity index (χ2n) is 10.7. The molecule has 0 saturated carbocycles. The minimum Gasteiger partial charge on any atom is -0.497 e. The van der Waals surface area contributed by atoms with Crippen LogP contribution in [0.5, 0.6) is 23.0 Å². The molecule has 1 N–H and O–H groups in total. The zero-order chi connectivity index (χ0) is 32.2. The van der Waals surface area contributed by atoms with Gasteiger partial charge in [0.2, 0.25) is 5.75 Å². The molecule has 1 aromatic heterocycles. The fraction of sp³-hybridized carbons (Fsp3) is 0.412. The molecule has 0 unspecified atom stereocenters. The molecule has 2 aromatic carbocycles. The highest BCUT2D eigenvalue weighted by Gasteiger charge is 2.33. The molecule has 236 valence electrons. The fourth-order valence-corrected chi connectivity index (χ4v) is 4.54. The number of esters is 2. The Morgan fingerprint density at radius 3 is 2.11 bits per heavy atom. The Bertz CT molecular complexity index is 1380. The molecule has 0 aliphatic rings. The minimum atomic E-state index is -1.05. The molecular formula is C34H42N2O8. The van der Waals surface area contributed by atoms with E-state index in [4.69, 9.17) is 23.7 Å². The number of hydrogen-bond acceptors (Lipinski definition) is 9. The van der Waals surface area contributed by atoms with Crippen molar-refractivity contribution in [1.29, 1.82) is 0 Å². The summed E-state index contributed by atoms with van der Waals surface area (Å²) in [6.45, 7) is 8.69. The molecule has 0 fully saturated rings.